The molecule has 30 heavy (non-hydrogen) atoms. The Kier molecular flexibility index (Phi) is 5.98. The fraction of sp³-hybridized carbons (Fsp3) is 0.429. The summed E-state index contributed by atoms with van der Waals surface area (Å²) < 4.78 is 6.46. The van der Waals surface area contributed by atoms with Gasteiger partial charge in [-0.15, -0.1) is 0 Å². The summed E-state index contributed by atoms with van der Waals surface area (Å²) in [4.78, 5) is 27.8. The molecule has 2 N–H and O–H groups in total. The summed E-state index contributed by atoms with van der Waals surface area (Å²) in [5.74, 6) is 2.25. The minimum atomic E-state index is -0.271. The van der Waals surface area contributed by atoms with Gasteiger partial charge in [0.05, 0.1) is 17.3 Å². The van der Waals surface area contributed by atoms with Crippen molar-refractivity contribution in [2.24, 2.45) is 5.92 Å². The number of thiazole rings is 1. The zero-order valence-electron chi connectivity index (χ0n) is 17.4. The average molecular weight is 427 g/mol. The number of hydrogen-bond donors (Lipinski definition) is 2. The van der Waals surface area contributed by atoms with Gasteiger partial charge in [-0.05, 0) is 43.4 Å². The first-order valence-electron chi connectivity index (χ1n) is 10.2. The number of nitrogens with one attached hydrogen (secondary N) is 2. The first-order valence-corrected chi connectivity index (χ1v) is 11.0. The van der Waals surface area contributed by atoms with Crippen molar-refractivity contribution in [2.45, 2.75) is 26.7 Å². The maximum Gasteiger partial charge on any atom is 0.321 e. The highest BCUT2D eigenvalue weighted by Crippen LogP contribution is 2.37. The monoisotopic (exact) mass is 426 g/mol. The van der Waals surface area contributed by atoms with Gasteiger partial charge in [0.25, 0.3) is 0 Å². The van der Waals surface area contributed by atoms with E-state index in [1.54, 1.807) is 7.11 Å². The molecular formula is C21H26N6O2S. The van der Waals surface area contributed by atoms with Crippen molar-refractivity contribution in [3.63, 3.8) is 0 Å². The molecule has 0 saturated carbocycles. The van der Waals surface area contributed by atoms with Crippen molar-refractivity contribution in [1.82, 2.24) is 20.3 Å². The number of amides is 2. The molecule has 2 aromatic heterocycles. The molecule has 0 atom stereocenters. The minimum absolute atomic E-state index is 0.271. The average Bonchev–Trinajstić information content (AvgIpc) is 3.16. The fourth-order valence-electron chi connectivity index (χ4n) is 3.52. The summed E-state index contributed by atoms with van der Waals surface area (Å²) in [5.41, 5.74) is 2.58. The number of carbonyl (C=O) groups is 1. The predicted octanol–water partition coefficient (Wildman–Crippen LogP) is 4.14. The Morgan fingerprint density at radius 3 is 2.63 bits per heavy atom. The third kappa shape index (κ3) is 4.30. The van der Waals surface area contributed by atoms with Gasteiger partial charge in [-0.3, -0.25) is 5.32 Å². The number of ether oxygens (including phenoxy) is 1. The van der Waals surface area contributed by atoms with Gasteiger partial charge < -0.3 is 15.0 Å². The van der Waals surface area contributed by atoms with E-state index in [1.807, 2.05) is 31.5 Å². The van der Waals surface area contributed by atoms with Crippen molar-refractivity contribution in [2.75, 3.05) is 37.0 Å². The highest BCUT2D eigenvalue weighted by Gasteiger charge is 2.18. The Morgan fingerprint density at radius 1 is 1.23 bits per heavy atom. The summed E-state index contributed by atoms with van der Waals surface area (Å²) in [6.45, 7) is 6.71. The topological polar surface area (TPSA) is 92.3 Å². The molecule has 4 rings (SSSR count). The summed E-state index contributed by atoms with van der Waals surface area (Å²) in [5, 5.41) is 5.99. The van der Waals surface area contributed by atoms with Gasteiger partial charge in [-0.2, -0.15) is 0 Å². The second kappa shape index (κ2) is 8.83. The number of nitrogens with zero attached hydrogens (tertiary/aromatic N) is 4. The standard InChI is InChI=1S/C21H26N6O2S/c1-4-22-20(28)26-21-25-16-9-14(10-17(29-3)18(16)30-21)15-11-23-19(24-12-15)27-7-5-13(2)6-8-27/h9-13H,4-8H2,1-3H3,(H2,22,25,26,28). The van der Waals surface area contributed by atoms with Crippen LogP contribution in [0, 0.1) is 5.92 Å². The number of urea groups is 1. The van der Waals surface area contributed by atoms with E-state index in [2.05, 4.69) is 37.4 Å². The number of rotatable bonds is 5. The molecule has 1 aliphatic heterocycles. The van der Waals surface area contributed by atoms with Crippen LogP contribution in [0.1, 0.15) is 26.7 Å². The second-order valence-electron chi connectivity index (χ2n) is 7.47. The normalized spacial score (nSPS) is 14.7. The third-order valence-corrected chi connectivity index (χ3v) is 6.27. The maximum atomic E-state index is 11.8. The molecule has 1 aromatic carbocycles. The molecule has 0 aliphatic carbocycles. The van der Waals surface area contributed by atoms with Crippen LogP contribution in [0.2, 0.25) is 0 Å². The minimum Gasteiger partial charge on any atom is -0.495 e. The van der Waals surface area contributed by atoms with E-state index in [0.29, 0.717) is 17.4 Å². The van der Waals surface area contributed by atoms with Gasteiger partial charge in [0.2, 0.25) is 5.95 Å². The Labute approximate surface area is 179 Å². The van der Waals surface area contributed by atoms with Crippen LogP contribution in [0.25, 0.3) is 21.3 Å². The lowest BCUT2D eigenvalue weighted by molar-refractivity contribution is 0.252. The molecule has 0 spiro atoms. The zero-order valence-corrected chi connectivity index (χ0v) is 18.3. The number of anilines is 2. The lowest BCUT2D eigenvalue weighted by Gasteiger charge is -2.30. The van der Waals surface area contributed by atoms with Gasteiger partial charge in [0.15, 0.2) is 5.13 Å². The summed E-state index contributed by atoms with van der Waals surface area (Å²) in [6.07, 6.45) is 6.05. The molecule has 1 saturated heterocycles. The van der Waals surface area contributed by atoms with E-state index in [-0.39, 0.29) is 6.03 Å². The highest BCUT2D eigenvalue weighted by molar-refractivity contribution is 7.22. The molecule has 0 unspecified atom stereocenters. The van der Waals surface area contributed by atoms with Gasteiger partial charge in [0.1, 0.15) is 5.75 Å². The number of benzene rings is 1. The number of piperidine rings is 1. The molecule has 9 heteroatoms. The van der Waals surface area contributed by atoms with Gasteiger partial charge >= 0.3 is 6.03 Å². The first-order chi connectivity index (χ1) is 14.6. The Balaban J connectivity index is 1.59. The second-order valence-corrected chi connectivity index (χ2v) is 8.47. The molecule has 0 bridgehead atoms. The number of hydrogen-bond acceptors (Lipinski definition) is 7. The molecule has 1 fully saturated rings. The number of methoxy groups -OCH3 is 1. The molecule has 158 valence electrons. The van der Waals surface area contributed by atoms with Gasteiger partial charge in [-0.1, -0.05) is 18.3 Å². The van der Waals surface area contributed by atoms with E-state index in [9.17, 15) is 4.79 Å². The summed E-state index contributed by atoms with van der Waals surface area (Å²) in [7, 11) is 1.63. The van der Waals surface area contributed by atoms with Crippen molar-refractivity contribution >= 4 is 38.7 Å². The summed E-state index contributed by atoms with van der Waals surface area (Å²) in [6, 6.07) is 3.65. The molecule has 8 nitrogen and oxygen atoms in total. The quantitative estimate of drug-likeness (QED) is 0.637. The first kappa shape index (κ1) is 20.3. The van der Waals surface area contributed by atoms with E-state index < -0.39 is 0 Å². The van der Waals surface area contributed by atoms with E-state index in [1.165, 1.54) is 24.2 Å². The number of fused-ring (bicyclic) bond motifs is 1. The lowest BCUT2D eigenvalue weighted by atomic mass is 10.00. The molecule has 3 aromatic rings. The van der Waals surface area contributed by atoms with Crippen LogP contribution in [-0.4, -0.2) is 47.7 Å². The Bertz CT molecular complexity index is 1030. The number of aromatic nitrogens is 3. The van der Waals surface area contributed by atoms with Crippen LogP contribution >= 0.6 is 11.3 Å². The molecule has 0 radical (unpaired) electrons. The van der Waals surface area contributed by atoms with Crippen LogP contribution in [-0.2, 0) is 0 Å². The van der Waals surface area contributed by atoms with E-state index in [0.717, 1.165) is 46.3 Å². The van der Waals surface area contributed by atoms with Crippen LogP contribution < -0.4 is 20.3 Å². The molecular weight excluding hydrogens is 400 g/mol. The van der Waals surface area contributed by atoms with Crippen LogP contribution in [0.15, 0.2) is 24.5 Å². The van der Waals surface area contributed by atoms with Crippen molar-refractivity contribution in [3.8, 4) is 16.9 Å². The highest BCUT2D eigenvalue weighted by atomic mass is 32.1. The SMILES string of the molecule is CCNC(=O)Nc1nc2cc(-c3cnc(N4CCC(C)CC4)nc3)cc(OC)c2s1. The van der Waals surface area contributed by atoms with Crippen LogP contribution in [0.5, 0.6) is 5.75 Å². The van der Waals surface area contributed by atoms with Crippen molar-refractivity contribution < 1.29 is 9.53 Å². The van der Waals surface area contributed by atoms with E-state index >= 15 is 0 Å². The molecule has 1 aliphatic rings. The maximum absolute atomic E-state index is 11.8. The van der Waals surface area contributed by atoms with Crippen LogP contribution in [0.3, 0.4) is 0 Å². The third-order valence-electron chi connectivity index (χ3n) is 5.27. The van der Waals surface area contributed by atoms with E-state index in [4.69, 9.17) is 4.74 Å². The lowest BCUT2D eigenvalue weighted by Crippen LogP contribution is -2.33. The molecule has 3 heterocycles. The van der Waals surface area contributed by atoms with Gasteiger partial charge in [0, 0.05) is 37.6 Å². The Morgan fingerprint density at radius 2 is 1.97 bits per heavy atom. The van der Waals surface area contributed by atoms with Crippen molar-refractivity contribution in [3.05, 3.63) is 24.5 Å². The summed E-state index contributed by atoms with van der Waals surface area (Å²) >= 11 is 1.38. The predicted molar refractivity (Wildman–Crippen MR) is 121 cm³/mol. The Hall–Kier alpha value is -2.94. The zero-order chi connectivity index (χ0) is 21.1. The van der Waals surface area contributed by atoms with Crippen molar-refractivity contribution in [1.29, 1.82) is 0 Å². The van der Waals surface area contributed by atoms with Crippen LogP contribution in [0.4, 0.5) is 15.9 Å². The smallest absolute Gasteiger partial charge is 0.321 e. The fourth-order valence-corrected chi connectivity index (χ4v) is 4.45. The molecule has 2 amide bonds. The number of carbonyl (C=O) groups excluding carboxylic acids is 1. The van der Waals surface area contributed by atoms with Gasteiger partial charge in [-0.25, -0.2) is 19.7 Å². The largest absolute Gasteiger partial charge is 0.495 e.